The Bertz CT molecular complexity index is 63.2. The molecule has 1 rings (SSSR count). The van der Waals surface area contributed by atoms with Crippen LogP contribution in [0.2, 0.25) is 0 Å². The van der Waals surface area contributed by atoms with Crippen molar-refractivity contribution in [3.8, 4) is 0 Å². The average molecular weight is 87.1 g/mol. The zero-order valence-electron chi connectivity index (χ0n) is 3.16. The first-order valence-corrected chi connectivity index (χ1v) is 1.71. The number of nitrogens with zero attached hydrogens (tertiary/aromatic N) is 1. The van der Waals surface area contributed by atoms with Crippen LogP contribution in [0.25, 0.3) is 0 Å². The van der Waals surface area contributed by atoms with Crippen molar-refractivity contribution in [2.75, 3.05) is 6.54 Å². The van der Waals surface area contributed by atoms with E-state index >= 15 is 0 Å². The summed E-state index contributed by atoms with van der Waals surface area (Å²) in [6.45, 7) is 0.389. The minimum Gasteiger partial charge on any atom is -0.453 e. The minimum absolute atomic E-state index is 0.389. The summed E-state index contributed by atoms with van der Waals surface area (Å²) in [4.78, 5) is 3.57. The number of aliphatic imine (C=N–C) groups is 1. The summed E-state index contributed by atoms with van der Waals surface area (Å²) in [5.74, 6) is 0. The van der Waals surface area contributed by atoms with Crippen LogP contribution in [0, 0.1) is 0 Å². The molecule has 6 heavy (non-hydrogen) atoms. The van der Waals surface area contributed by atoms with E-state index in [2.05, 4.69) is 9.73 Å². The quantitative estimate of drug-likeness (QED) is 0.427. The van der Waals surface area contributed by atoms with Crippen LogP contribution in [-0.2, 0) is 4.74 Å². The number of aliphatic hydroxyl groups excluding tert-OH is 1. The van der Waals surface area contributed by atoms with Gasteiger partial charge in [0.15, 0.2) is 6.40 Å². The zero-order chi connectivity index (χ0) is 4.41. The molecule has 3 heteroatoms. The monoisotopic (exact) mass is 87.0 g/mol. The largest absolute Gasteiger partial charge is 0.453 e. The Labute approximate surface area is 35.3 Å². The standard InChI is InChI=1S/C3H5NO2/c5-3-1-4-2-6-3/h2-3,5H,1H2. The van der Waals surface area contributed by atoms with Gasteiger partial charge in [0.1, 0.15) is 6.54 Å². The van der Waals surface area contributed by atoms with Crippen LogP contribution >= 0.6 is 0 Å². The third kappa shape index (κ3) is 0.490. The predicted molar refractivity (Wildman–Crippen MR) is 20.5 cm³/mol. The fourth-order valence-corrected chi connectivity index (χ4v) is 0.290. The lowest BCUT2D eigenvalue weighted by Gasteiger charge is -1.93. The highest BCUT2D eigenvalue weighted by molar-refractivity contribution is 5.48. The summed E-state index contributed by atoms with van der Waals surface area (Å²) < 4.78 is 4.42. The molecular weight excluding hydrogens is 82.0 g/mol. The van der Waals surface area contributed by atoms with Gasteiger partial charge < -0.3 is 9.84 Å². The van der Waals surface area contributed by atoms with E-state index in [1.807, 2.05) is 0 Å². The summed E-state index contributed by atoms with van der Waals surface area (Å²) in [5.41, 5.74) is 0. The average Bonchev–Trinajstić information content (AvgIpc) is 1.86. The van der Waals surface area contributed by atoms with Gasteiger partial charge in [-0.15, -0.1) is 0 Å². The van der Waals surface area contributed by atoms with Gasteiger partial charge in [0.2, 0.25) is 6.29 Å². The van der Waals surface area contributed by atoms with Crippen molar-refractivity contribution < 1.29 is 9.84 Å². The van der Waals surface area contributed by atoms with E-state index in [9.17, 15) is 0 Å². The van der Waals surface area contributed by atoms with Crippen molar-refractivity contribution in [1.82, 2.24) is 0 Å². The lowest BCUT2D eigenvalue weighted by atomic mass is 10.7. The first-order valence-electron chi connectivity index (χ1n) is 1.71. The summed E-state index contributed by atoms with van der Waals surface area (Å²) in [6, 6.07) is 0. The number of rotatable bonds is 0. The molecule has 0 aromatic rings. The van der Waals surface area contributed by atoms with Gasteiger partial charge >= 0.3 is 0 Å². The lowest BCUT2D eigenvalue weighted by molar-refractivity contribution is 0.00177. The number of aliphatic hydroxyl groups is 1. The Kier molecular flexibility index (Phi) is 0.759. The summed E-state index contributed by atoms with van der Waals surface area (Å²) in [6.07, 6.45) is 0.579. The van der Waals surface area contributed by atoms with Gasteiger partial charge in [-0.1, -0.05) is 0 Å². The second kappa shape index (κ2) is 1.26. The molecule has 0 aromatic carbocycles. The molecule has 0 saturated heterocycles. The summed E-state index contributed by atoms with van der Waals surface area (Å²) in [7, 11) is 0. The number of hydrogen-bond donors (Lipinski definition) is 1. The smallest absolute Gasteiger partial charge is 0.218 e. The molecule has 1 unspecified atom stereocenters. The molecule has 0 spiro atoms. The maximum absolute atomic E-state index is 8.38. The Morgan fingerprint density at radius 3 is 3.00 bits per heavy atom. The Morgan fingerprint density at radius 2 is 2.83 bits per heavy atom. The van der Waals surface area contributed by atoms with Crippen LogP contribution in [0.5, 0.6) is 0 Å². The Morgan fingerprint density at radius 1 is 2.00 bits per heavy atom. The van der Waals surface area contributed by atoms with Crippen molar-refractivity contribution in [3.63, 3.8) is 0 Å². The van der Waals surface area contributed by atoms with Crippen molar-refractivity contribution in [1.29, 1.82) is 0 Å². The fourth-order valence-electron chi connectivity index (χ4n) is 0.290. The van der Waals surface area contributed by atoms with Gasteiger partial charge in [-0.3, -0.25) is 4.99 Å². The lowest BCUT2D eigenvalue weighted by Crippen LogP contribution is -2.06. The van der Waals surface area contributed by atoms with Gasteiger partial charge in [-0.2, -0.15) is 0 Å². The molecule has 1 aliphatic heterocycles. The van der Waals surface area contributed by atoms with Gasteiger partial charge in [-0.25, -0.2) is 0 Å². The third-order valence-corrected chi connectivity index (χ3v) is 0.554. The van der Waals surface area contributed by atoms with Gasteiger partial charge in [0, 0.05) is 0 Å². The minimum atomic E-state index is -0.676. The van der Waals surface area contributed by atoms with Crippen LogP contribution in [0.4, 0.5) is 0 Å². The third-order valence-electron chi connectivity index (χ3n) is 0.554. The second-order valence-corrected chi connectivity index (χ2v) is 1.06. The highest BCUT2D eigenvalue weighted by atomic mass is 16.6. The van der Waals surface area contributed by atoms with Crippen LogP contribution in [0.1, 0.15) is 0 Å². The first kappa shape index (κ1) is 3.61. The number of ether oxygens (including phenoxy) is 1. The van der Waals surface area contributed by atoms with Crippen LogP contribution in [-0.4, -0.2) is 24.3 Å². The van der Waals surface area contributed by atoms with E-state index < -0.39 is 6.29 Å². The highest BCUT2D eigenvalue weighted by Crippen LogP contribution is 1.90. The SMILES string of the molecule is OC1CN=CO1. The molecule has 0 aliphatic carbocycles. The first-order chi connectivity index (χ1) is 2.89. The van der Waals surface area contributed by atoms with E-state index in [-0.39, 0.29) is 0 Å². The Hall–Kier alpha value is -0.570. The van der Waals surface area contributed by atoms with E-state index in [1.54, 1.807) is 0 Å². The second-order valence-electron chi connectivity index (χ2n) is 1.06. The molecule has 1 aliphatic rings. The van der Waals surface area contributed by atoms with Crippen molar-refractivity contribution in [2.45, 2.75) is 6.29 Å². The van der Waals surface area contributed by atoms with Gasteiger partial charge in [-0.05, 0) is 0 Å². The van der Waals surface area contributed by atoms with E-state index in [4.69, 9.17) is 5.11 Å². The molecule has 34 valence electrons. The molecule has 1 heterocycles. The topological polar surface area (TPSA) is 41.8 Å². The van der Waals surface area contributed by atoms with E-state index in [1.165, 1.54) is 6.40 Å². The molecule has 0 radical (unpaired) electrons. The van der Waals surface area contributed by atoms with Crippen LogP contribution < -0.4 is 0 Å². The summed E-state index contributed by atoms with van der Waals surface area (Å²) in [5, 5.41) is 8.38. The fraction of sp³-hybridized carbons (Fsp3) is 0.667. The van der Waals surface area contributed by atoms with Crippen molar-refractivity contribution in [3.05, 3.63) is 0 Å². The zero-order valence-corrected chi connectivity index (χ0v) is 3.16. The van der Waals surface area contributed by atoms with E-state index in [0.717, 1.165) is 0 Å². The summed E-state index contributed by atoms with van der Waals surface area (Å²) >= 11 is 0. The maximum Gasteiger partial charge on any atom is 0.218 e. The predicted octanol–water partition coefficient (Wildman–Crippen LogP) is -0.637. The van der Waals surface area contributed by atoms with Crippen molar-refractivity contribution >= 4 is 6.40 Å². The normalized spacial score (nSPS) is 30.5. The van der Waals surface area contributed by atoms with Crippen LogP contribution in [0.15, 0.2) is 4.99 Å². The maximum atomic E-state index is 8.38. The van der Waals surface area contributed by atoms with Gasteiger partial charge in [0.05, 0.1) is 0 Å². The molecule has 0 aromatic heterocycles. The molecule has 0 saturated carbocycles. The molecule has 1 atom stereocenters. The Balaban J connectivity index is 2.32. The number of hydrogen-bond acceptors (Lipinski definition) is 3. The highest BCUT2D eigenvalue weighted by Gasteiger charge is 2.03. The molecule has 3 nitrogen and oxygen atoms in total. The molecule has 1 N–H and O–H groups in total. The van der Waals surface area contributed by atoms with Crippen LogP contribution in [0.3, 0.4) is 0 Å². The van der Waals surface area contributed by atoms with Crippen molar-refractivity contribution in [2.24, 2.45) is 4.99 Å². The molecule has 0 amide bonds. The van der Waals surface area contributed by atoms with E-state index in [0.29, 0.717) is 6.54 Å². The van der Waals surface area contributed by atoms with Gasteiger partial charge in [0.25, 0.3) is 0 Å². The molecule has 0 bridgehead atoms. The molecule has 0 fully saturated rings. The molecular formula is C3H5NO2.